The van der Waals surface area contributed by atoms with E-state index in [0.717, 1.165) is 27.8 Å². The number of methoxy groups -OCH3 is 1. The molecule has 8 heteroatoms. The van der Waals surface area contributed by atoms with Gasteiger partial charge in [0.15, 0.2) is 0 Å². The first kappa shape index (κ1) is 26.9. The largest absolute Gasteiger partial charge is 0.497 e. The van der Waals surface area contributed by atoms with Gasteiger partial charge < -0.3 is 9.26 Å². The number of ether oxygens (including phenoxy) is 1. The van der Waals surface area contributed by atoms with E-state index in [1.807, 2.05) is 54.6 Å². The standard InChI is InChI=1S/C31H31N2O5P/c1-37-28-15-17-29(18-16-28)39(36,33-22-27-10-6-5-9-26(27)21-30(33)31(34)32-35)38-20-19-23-11-13-25(14-12-23)24-7-3-2-4-8-24/h2-18,30,35H,19-22H2,1H3,(H,32,34). The molecule has 2 N–H and O–H groups in total. The summed E-state index contributed by atoms with van der Waals surface area (Å²) in [7, 11) is -2.18. The lowest BCUT2D eigenvalue weighted by atomic mass is 9.95. The van der Waals surface area contributed by atoms with Gasteiger partial charge in [-0.2, -0.15) is 0 Å². The Morgan fingerprint density at radius 2 is 1.54 bits per heavy atom. The van der Waals surface area contributed by atoms with Crippen LogP contribution in [0.5, 0.6) is 5.75 Å². The summed E-state index contributed by atoms with van der Waals surface area (Å²) in [4.78, 5) is 12.8. The molecule has 1 heterocycles. The molecule has 2 unspecified atom stereocenters. The zero-order chi connectivity index (χ0) is 27.2. The molecule has 0 aromatic heterocycles. The first-order valence-corrected chi connectivity index (χ1v) is 14.4. The molecule has 5 rings (SSSR count). The summed E-state index contributed by atoms with van der Waals surface area (Å²) >= 11 is 0. The van der Waals surface area contributed by atoms with Crippen LogP contribution >= 0.6 is 7.52 Å². The molecule has 1 amide bonds. The van der Waals surface area contributed by atoms with E-state index in [0.29, 0.717) is 23.9 Å². The SMILES string of the molecule is COc1ccc(P(=O)(OCCc2ccc(-c3ccccc3)cc2)N2Cc3ccccc3CC2C(=O)NO)cc1. The fraction of sp³-hybridized carbons (Fsp3) is 0.194. The second-order valence-electron chi connectivity index (χ2n) is 9.43. The van der Waals surface area contributed by atoms with Gasteiger partial charge in [-0.3, -0.25) is 14.6 Å². The van der Waals surface area contributed by atoms with Crippen molar-refractivity contribution in [3.8, 4) is 16.9 Å². The predicted octanol–water partition coefficient (Wildman–Crippen LogP) is 5.37. The Kier molecular flexibility index (Phi) is 8.24. The summed E-state index contributed by atoms with van der Waals surface area (Å²) < 4.78 is 28.0. The highest BCUT2D eigenvalue weighted by Gasteiger charge is 2.44. The number of hydroxylamine groups is 1. The van der Waals surface area contributed by atoms with Crippen molar-refractivity contribution in [1.82, 2.24) is 10.2 Å². The van der Waals surface area contributed by atoms with E-state index in [9.17, 15) is 14.6 Å². The molecule has 0 saturated heterocycles. The van der Waals surface area contributed by atoms with Crippen molar-refractivity contribution in [1.29, 1.82) is 0 Å². The van der Waals surface area contributed by atoms with Gasteiger partial charge in [0.25, 0.3) is 5.91 Å². The number of carbonyl (C=O) groups excluding carboxylic acids is 1. The van der Waals surface area contributed by atoms with Gasteiger partial charge in [0.05, 0.1) is 19.0 Å². The molecule has 39 heavy (non-hydrogen) atoms. The van der Waals surface area contributed by atoms with Crippen LogP contribution in [0.15, 0.2) is 103 Å². The topological polar surface area (TPSA) is 88.1 Å². The summed E-state index contributed by atoms with van der Waals surface area (Å²) in [6.45, 7) is 0.420. The van der Waals surface area contributed by atoms with E-state index >= 15 is 0 Å². The first-order valence-electron chi connectivity index (χ1n) is 12.8. The van der Waals surface area contributed by atoms with Crippen LogP contribution in [-0.4, -0.2) is 35.5 Å². The summed E-state index contributed by atoms with van der Waals surface area (Å²) in [5, 5.41) is 9.97. The van der Waals surface area contributed by atoms with Crippen LogP contribution in [0.2, 0.25) is 0 Å². The van der Waals surface area contributed by atoms with Crippen molar-refractivity contribution in [3.63, 3.8) is 0 Å². The number of benzene rings is 4. The molecule has 2 atom stereocenters. The second-order valence-corrected chi connectivity index (χ2v) is 11.8. The average molecular weight is 543 g/mol. The molecule has 1 aliphatic heterocycles. The van der Waals surface area contributed by atoms with Gasteiger partial charge in [0.1, 0.15) is 11.8 Å². The van der Waals surface area contributed by atoms with Crippen molar-refractivity contribution >= 4 is 18.7 Å². The summed E-state index contributed by atoms with van der Waals surface area (Å²) in [5.41, 5.74) is 7.01. The molecule has 0 fully saturated rings. The highest BCUT2D eigenvalue weighted by atomic mass is 31.2. The van der Waals surface area contributed by atoms with Gasteiger partial charge in [-0.05, 0) is 64.9 Å². The van der Waals surface area contributed by atoms with E-state index < -0.39 is 19.5 Å². The minimum absolute atomic E-state index is 0.180. The van der Waals surface area contributed by atoms with Crippen LogP contribution in [0, 0.1) is 0 Å². The molecular formula is C31H31N2O5P. The van der Waals surface area contributed by atoms with Crippen LogP contribution in [0.25, 0.3) is 11.1 Å². The molecule has 4 aromatic carbocycles. The third-order valence-electron chi connectivity index (χ3n) is 7.09. The first-order chi connectivity index (χ1) is 19.0. The lowest BCUT2D eigenvalue weighted by Crippen LogP contribution is -2.49. The lowest BCUT2D eigenvalue weighted by molar-refractivity contribution is -0.133. The molecule has 0 radical (unpaired) electrons. The van der Waals surface area contributed by atoms with Crippen LogP contribution < -0.4 is 15.5 Å². The third-order valence-corrected chi connectivity index (χ3v) is 9.67. The van der Waals surface area contributed by atoms with Gasteiger partial charge in [0.2, 0.25) is 0 Å². The molecule has 200 valence electrons. The lowest BCUT2D eigenvalue weighted by Gasteiger charge is -2.39. The molecule has 0 aliphatic carbocycles. The maximum atomic E-state index is 14.8. The minimum atomic E-state index is -3.74. The molecule has 0 saturated carbocycles. The zero-order valence-electron chi connectivity index (χ0n) is 21.7. The van der Waals surface area contributed by atoms with Crippen LogP contribution in [-0.2, 0) is 33.3 Å². The van der Waals surface area contributed by atoms with Gasteiger partial charge in [-0.25, -0.2) is 10.2 Å². The van der Waals surface area contributed by atoms with Crippen molar-refractivity contribution in [3.05, 3.63) is 120 Å². The summed E-state index contributed by atoms with van der Waals surface area (Å²) in [6.07, 6.45) is 0.837. The van der Waals surface area contributed by atoms with Crippen molar-refractivity contribution in [2.24, 2.45) is 0 Å². The number of hydrogen-bond acceptors (Lipinski definition) is 5. The van der Waals surface area contributed by atoms with E-state index in [1.54, 1.807) is 41.5 Å². The number of amides is 1. The minimum Gasteiger partial charge on any atom is -0.497 e. The Balaban J connectivity index is 1.42. The summed E-state index contributed by atoms with van der Waals surface area (Å²) in [6, 6.07) is 32.1. The monoisotopic (exact) mass is 542 g/mol. The molecular weight excluding hydrogens is 511 g/mol. The van der Waals surface area contributed by atoms with Crippen LogP contribution in [0.4, 0.5) is 0 Å². The van der Waals surface area contributed by atoms with Gasteiger partial charge in [-0.1, -0.05) is 78.9 Å². The van der Waals surface area contributed by atoms with E-state index in [2.05, 4.69) is 24.3 Å². The molecule has 7 nitrogen and oxygen atoms in total. The van der Waals surface area contributed by atoms with Crippen molar-refractivity contribution in [2.75, 3.05) is 13.7 Å². The van der Waals surface area contributed by atoms with Gasteiger partial charge >= 0.3 is 7.52 Å². The number of nitrogens with one attached hydrogen (secondary N) is 1. The maximum Gasteiger partial charge on any atom is 0.303 e. The Morgan fingerprint density at radius 3 is 2.21 bits per heavy atom. The fourth-order valence-corrected chi connectivity index (χ4v) is 7.29. The van der Waals surface area contributed by atoms with Gasteiger partial charge in [0, 0.05) is 6.54 Å². The normalized spacial score (nSPS) is 16.6. The molecule has 0 spiro atoms. The molecule has 0 bridgehead atoms. The van der Waals surface area contributed by atoms with Crippen LogP contribution in [0.1, 0.15) is 16.7 Å². The fourth-order valence-electron chi connectivity index (χ4n) is 4.94. The Morgan fingerprint density at radius 1 is 0.897 bits per heavy atom. The molecule has 4 aromatic rings. The number of rotatable bonds is 9. The third kappa shape index (κ3) is 5.82. The van der Waals surface area contributed by atoms with Crippen LogP contribution in [0.3, 0.4) is 0 Å². The Labute approximate surface area is 228 Å². The number of carbonyl (C=O) groups is 1. The number of hydrogen-bond donors (Lipinski definition) is 2. The second kappa shape index (κ2) is 12.0. The highest BCUT2D eigenvalue weighted by Crippen LogP contribution is 2.54. The van der Waals surface area contributed by atoms with E-state index in [1.165, 1.54) is 0 Å². The molecule has 1 aliphatic rings. The maximum absolute atomic E-state index is 14.8. The Hall–Kier alpha value is -3.74. The van der Waals surface area contributed by atoms with E-state index in [4.69, 9.17) is 9.26 Å². The van der Waals surface area contributed by atoms with E-state index in [-0.39, 0.29) is 13.2 Å². The predicted molar refractivity (Wildman–Crippen MR) is 151 cm³/mol. The van der Waals surface area contributed by atoms with Crippen molar-refractivity contribution in [2.45, 2.75) is 25.4 Å². The highest BCUT2D eigenvalue weighted by molar-refractivity contribution is 7.64. The number of fused-ring (bicyclic) bond motifs is 1. The Bertz CT molecular complexity index is 1460. The van der Waals surface area contributed by atoms with Gasteiger partial charge in [-0.15, -0.1) is 0 Å². The smallest absolute Gasteiger partial charge is 0.303 e. The number of nitrogens with zero attached hydrogens (tertiary/aromatic N) is 1. The summed E-state index contributed by atoms with van der Waals surface area (Å²) in [5.74, 6) is -0.00390. The average Bonchev–Trinajstić information content (AvgIpc) is 3.00. The zero-order valence-corrected chi connectivity index (χ0v) is 22.6. The van der Waals surface area contributed by atoms with Crippen molar-refractivity contribution < 1.29 is 23.8 Å². The quantitative estimate of drug-likeness (QED) is 0.168.